The molecule has 4 rings (SSSR count). The first kappa shape index (κ1) is 21.2. The average Bonchev–Trinajstić information content (AvgIpc) is 2.80. The number of ether oxygens (including phenoxy) is 2. The quantitative estimate of drug-likeness (QED) is 0.568. The SMILES string of the molecule is Cc1cc(N2CCOCC2)ccc1NC(=O)c1cccc(OCc2cccc(Cl)c2)c1. The number of morpholine rings is 1. The van der Waals surface area contributed by atoms with E-state index in [1.54, 1.807) is 12.1 Å². The molecule has 0 aliphatic carbocycles. The first-order valence-corrected chi connectivity index (χ1v) is 10.7. The van der Waals surface area contributed by atoms with Gasteiger partial charge in [0, 0.05) is 35.1 Å². The van der Waals surface area contributed by atoms with Crippen molar-refractivity contribution < 1.29 is 14.3 Å². The molecule has 1 N–H and O–H groups in total. The summed E-state index contributed by atoms with van der Waals surface area (Å²) in [4.78, 5) is 15.1. The van der Waals surface area contributed by atoms with Crippen LogP contribution in [0.1, 0.15) is 21.5 Å². The van der Waals surface area contributed by atoms with Gasteiger partial charge in [-0.25, -0.2) is 0 Å². The van der Waals surface area contributed by atoms with Crippen molar-refractivity contribution >= 4 is 28.9 Å². The number of amides is 1. The Morgan fingerprint density at radius 1 is 1.06 bits per heavy atom. The summed E-state index contributed by atoms with van der Waals surface area (Å²) in [5.41, 5.74) is 4.48. The molecule has 0 spiro atoms. The van der Waals surface area contributed by atoms with E-state index in [-0.39, 0.29) is 5.91 Å². The molecule has 0 aromatic heterocycles. The van der Waals surface area contributed by atoms with Gasteiger partial charge in [0.2, 0.25) is 0 Å². The Labute approximate surface area is 187 Å². The number of nitrogens with one attached hydrogen (secondary N) is 1. The highest BCUT2D eigenvalue weighted by Gasteiger charge is 2.14. The topological polar surface area (TPSA) is 50.8 Å². The highest BCUT2D eigenvalue weighted by molar-refractivity contribution is 6.30. The third-order valence-corrected chi connectivity index (χ3v) is 5.46. The van der Waals surface area contributed by atoms with Crippen LogP contribution in [0.25, 0.3) is 0 Å². The van der Waals surface area contributed by atoms with Gasteiger partial charge >= 0.3 is 0 Å². The van der Waals surface area contributed by atoms with Gasteiger partial charge in [0.1, 0.15) is 12.4 Å². The van der Waals surface area contributed by atoms with Gasteiger partial charge in [-0.1, -0.05) is 29.8 Å². The molecule has 1 fully saturated rings. The Morgan fingerprint density at radius 2 is 1.87 bits per heavy atom. The van der Waals surface area contributed by atoms with Crippen molar-refractivity contribution in [2.75, 3.05) is 36.5 Å². The number of halogens is 1. The number of anilines is 2. The maximum absolute atomic E-state index is 12.8. The minimum atomic E-state index is -0.171. The summed E-state index contributed by atoms with van der Waals surface area (Å²) in [5.74, 6) is 0.461. The molecule has 3 aromatic rings. The first-order valence-electron chi connectivity index (χ1n) is 10.3. The van der Waals surface area contributed by atoms with Gasteiger partial charge in [-0.15, -0.1) is 0 Å². The molecule has 0 unspecified atom stereocenters. The molecular formula is C25H25ClN2O3. The molecule has 0 atom stereocenters. The van der Waals surface area contributed by atoms with E-state index in [0.717, 1.165) is 48.8 Å². The van der Waals surface area contributed by atoms with Crippen molar-refractivity contribution in [3.8, 4) is 5.75 Å². The zero-order valence-electron chi connectivity index (χ0n) is 17.4. The number of hydrogen-bond acceptors (Lipinski definition) is 4. The predicted octanol–water partition coefficient (Wildman–Crippen LogP) is 5.32. The predicted molar refractivity (Wildman–Crippen MR) is 124 cm³/mol. The van der Waals surface area contributed by atoms with Crippen molar-refractivity contribution in [2.45, 2.75) is 13.5 Å². The number of rotatable bonds is 6. The molecule has 1 saturated heterocycles. The molecule has 1 aliphatic heterocycles. The van der Waals surface area contributed by atoms with E-state index in [9.17, 15) is 4.79 Å². The van der Waals surface area contributed by atoms with E-state index in [1.165, 1.54) is 0 Å². The van der Waals surface area contributed by atoms with Crippen LogP contribution in [0, 0.1) is 6.92 Å². The van der Waals surface area contributed by atoms with Crippen LogP contribution in [0.5, 0.6) is 5.75 Å². The maximum Gasteiger partial charge on any atom is 0.255 e. The van der Waals surface area contributed by atoms with Crippen LogP contribution in [0.15, 0.2) is 66.7 Å². The molecule has 1 amide bonds. The summed E-state index contributed by atoms with van der Waals surface area (Å²) in [6, 6.07) is 20.8. The van der Waals surface area contributed by atoms with Crippen molar-refractivity contribution in [3.05, 3.63) is 88.4 Å². The Bertz CT molecular complexity index is 1060. The number of carbonyl (C=O) groups excluding carboxylic acids is 1. The summed E-state index contributed by atoms with van der Waals surface area (Å²) in [7, 11) is 0. The number of aryl methyl sites for hydroxylation is 1. The number of hydrogen-bond donors (Lipinski definition) is 1. The standard InChI is InChI=1S/C25H25ClN2O3/c1-18-14-22(28-10-12-30-13-11-28)8-9-24(18)27-25(29)20-5-3-7-23(16-20)31-17-19-4-2-6-21(26)15-19/h2-9,14-16H,10-13,17H2,1H3,(H,27,29). The van der Waals surface area contributed by atoms with Crippen LogP contribution in [0.2, 0.25) is 5.02 Å². The monoisotopic (exact) mass is 436 g/mol. The Hall–Kier alpha value is -3.02. The lowest BCUT2D eigenvalue weighted by Gasteiger charge is -2.29. The molecule has 3 aromatic carbocycles. The third kappa shape index (κ3) is 5.57. The fourth-order valence-electron chi connectivity index (χ4n) is 3.52. The van der Waals surface area contributed by atoms with Gasteiger partial charge in [0.05, 0.1) is 13.2 Å². The smallest absolute Gasteiger partial charge is 0.255 e. The summed E-state index contributed by atoms with van der Waals surface area (Å²) in [5, 5.41) is 3.68. The molecule has 0 radical (unpaired) electrons. The molecule has 1 aliphatic rings. The van der Waals surface area contributed by atoms with E-state index in [0.29, 0.717) is 22.9 Å². The Morgan fingerprint density at radius 3 is 2.65 bits per heavy atom. The van der Waals surface area contributed by atoms with Crippen LogP contribution >= 0.6 is 11.6 Å². The normalized spacial score (nSPS) is 13.7. The minimum absolute atomic E-state index is 0.171. The number of nitrogens with zero attached hydrogens (tertiary/aromatic N) is 1. The van der Waals surface area contributed by atoms with Gasteiger partial charge in [-0.3, -0.25) is 4.79 Å². The second kappa shape index (κ2) is 9.86. The molecule has 160 valence electrons. The van der Waals surface area contributed by atoms with E-state index >= 15 is 0 Å². The van der Waals surface area contributed by atoms with E-state index in [4.69, 9.17) is 21.1 Å². The van der Waals surface area contributed by atoms with Crippen molar-refractivity contribution in [2.24, 2.45) is 0 Å². The second-order valence-electron chi connectivity index (χ2n) is 7.50. The Balaban J connectivity index is 1.41. The molecule has 31 heavy (non-hydrogen) atoms. The highest BCUT2D eigenvalue weighted by atomic mass is 35.5. The Kier molecular flexibility index (Phi) is 6.75. The maximum atomic E-state index is 12.8. The molecule has 0 saturated carbocycles. The molecule has 5 nitrogen and oxygen atoms in total. The third-order valence-electron chi connectivity index (χ3n) is 5.23. The van der Waals surface area contributed by atoms with Gasteiger partial charge in [0.25, 0.3) is 5.91 Å². The zero-order valence-corrected chi connectivity index (χ0v) is 18.2. The van der Waals surface area contributed by atoms with Crippen LogP contribution in [-0.2, 0) is 11.3 Å². The van der Waals surface area contributed by atoms with E-state index in [2.05, 4.69) is 16.3 Å². The van der Waals surface area contributed by atoms with Gasteiger partial charge in [0.15, 0.2) is 0 Å². The highest BCUT2D eigenvalue weighted by Crippen LogP contribution is 2.24. The van der Waals surface area contributed by atoms with Crippen LogP contribution in [0.4, 0.5) is 11.4 Å². The summed E-state index contributed by atoms with van der Waals surface area (Å²) in [6.45, 7) is 5.64. The molecule has 6 heteroatoms. The minimum Gasteiger partial charge on any atom is -0.489 e. The van der Waals surface area contributed by atoms with Gasteiger partial charge in [-0.2, -0.15) is 0 Å². The van der Waals surface area contributed by atoms with Crippen molar-refractivity contribution in [1.29, 1.82) is 0 Å². The summed E-state index contributed by atoms with van der Waals surface area (Å²) in [6.07, 6.45) is 0. The first-order chi connectivity index (χ1) is 15.1. The number of carbonyl (C=O) groups is 1. The lowest BCUT2D eigenvalue weighted by atomic mass is 10.1. The van der Waals surface area contributed by atoms with Crippen molar-refractivity contribution in [1.82, 2.24) is 0 Å². The second-order valence-corrected chi connectivity index (χ2v) is 7.94. The molecular weight excluding hydrogens is 412 g/mol. The average molecular weight is 437 g/mol. The number of benzene rings is 3. The zero-order chi connectivity index (χ0) is 21.6. The molecule has 1 heterocycles. The summed E-state index contributed by atoms with van der Waals surface area (Å²) < 4.78 is 11.3. The van der Waals surface area contributed by atoms with Crippen LogP contribution in [-0.4, -0.2) is 32.2 Å². The summed E-state index contributed by atoms with van der Waals surface area (Å²) >= 11 is 6.02. The van der Waals surface area contributed by atoms with Crippen molar-refractivity contribution in [3.63, 3.8) is 0 Å². The van der Waals surface area contributed by atoms with Crippen LogP contribution in [0.3, 0.4) is 0 Å². The van der Waals surface area contributed by atoms with Gasteiger partial charge in [-0.05, 0) is 66.6 Å². The van der Waals surface area contributed by atoms with Gasteiger partial charge < -0.3 is 19.7 Å². The molecule has 0 bridgehead atoms. The van der Waals surface area contributed by atoms with E-state index in [1.807, 2.05) is 55.5 Å². The van der Waals surface area contributed by atoms with E-state index < -0.39 is 0 Å². The fraction of sp³-hybridized carbons (Fsp3) is 0.240. The lowest BCUT2D eigenvalue weighted by molar-refractivity contribution is 0.102. The largest absolute Gasteiger partial charge is 0.489 e. The fourth-order valence-corrected chi connectivity index (χ4v) is 3.73. The van der Waals surface area contributed by atoms with Crippen LogP contribution < -0.4 is 15.0 Å². The lowest BCUT2D eigenvalue weighted by Crippen LogP contribution is -2.36.